The van der Waals surface area contributed by atoms with Crippen LogP contribution in [0.25, 0.3) is 0 Å². The summed E-state index contributed by atoms with van der Waals surface area (Å²) in [4.78, 5) is 10.9. The van der Waals surface area contributed by atoms with Crippen molar-refractivity contribution in [1.82, 2.24) is 0 Å². The van der Waals surface area contributed by atoms with Gasteiger partial charge in [-0.25, -0.2) is 4.79 Å². The van der Waals surface area contributed by atoms with Gasteiger partial charge in [-0.15, -0.1) is 0 Å². The van der Waals surface area contributed by atoms with Gasteiger partial charge in [0.15, 0.2) is 0 Å². The van der Waals surface area contributed by atoms with E-state index in [4.69, 9.17) is 9.84 Å². The van der Waals surface area contributed by atoms with Crippen molar-refractivity contribution in [3.05, 3.63) is 12.2 Å². The molecule has 0 amide bonds. The van der Waals surface area contributed by atoms with Gasteiger partial charge in [0.05, 0.1) is 6.61 Å². The minimum atomic E-state index is -0.668. The Kier molecular flexibility index (Phi) is 9.52. The van der Waals surface area contributed by atoms with Gasteiger partial charge in [-0.2, -0.15) is 0 Å². The van der Waals surface area contributed by atoms with E-state index in [2.05, 4.69) is 6.55 Å². The standard InChI is InChI=1S/C11H22O3Si/c1-3-6-11(13)14-8-5-10-15(2)9-4-7-12/h3,6,12,15H,4-5,7-10H2,1-2H3. The van der Waals surface area contributed by atoms with Gasteiger partial charge in [0.2, 0.25) is 0 Å². The quantitative estimate of drug-likeness (QED) is 0.299. The van der Waals surface area contributed by atoms with E-state index >= 15 is 0 Å². The Morgan fingerprint density at radius 3 is 2.67 bits per heavy atom. The summed E-state index contributed by atoms with van der Waals surface area (Å²) < 4.78 is 4.98. The van der Waals surface area contributed by atoms with E-state index in [0.29, 0.717) is 13.2 Å². The number of rotatable bonds is 8. The summed E-state index contributed by atoms with van der Waals surface area (Å²) >= 11 is 0. The minimum absolute atomic E-state index is 0.248. The fraction of sp³-hybridized carbons (Fsp3) is 0.727. The lowest BCUT2D eigenvalue weighted by atomic mass is 10.5. The summed E-state index contributed by atoms with van der Waals surface area (Å²) in [5, 5.41) is 8.66. The molecule has 15 heavy (non-hydrogen) atoms. The van der Waals surface area contributed by atoms with E-state index in [1.165, 1.54) is 18.2 Å². The molecule has 0 aromatic heterocycles. The summed E-state index contributed by atoms with van der Waals surface area (Å²) in [6, 6.07) is 2.36. The Hall–Kier alpha value is -0.613. The zero-order valence-corrected chi connectivity index (χ0v) is 10.9. The Morgan fingerprint density at radius 2 is 2.07 bits per heavy atom. The predicted octanol–water partition coefficient (Wildman–Crippen LogP) is 1.74. The summed E-state index contributed by atoms with van der Waals surface area (Å²) in [6.07, 6.45) is 5.00. The zero-order valence-electron chi connectivity index (χ0n) is 9.74. The van der Waals surface area contributed by atoms with Gasteiger partial charge in [-0.1, -0.05) is 24.7 Å². The Balaban J connectivity index is 3.33. The summed E-state index contributed by atoms with van der Waals surface area (Å²) in [5.74, 6) is -0.248. The second-order valence-corrected chi connectivity index (χ2v) is 7.15. The number of hydrogen-bond acceptors (Lipinski definition) is 3. The maximum absolute atomic E-state index is 10.9. The van der Waals surface area contributed by atoms with Crippen LogP contribution in [0.15, 0.2) is 12.2 Å². The lowest BCUT2D eigenvalue weighted by molar-refractivity contribution is -0.137. The molecule has 0 aromatic carbocycles. The van der Waals surface area contributed by atoms with Crippen molar-refractivity contribution in [2.45, 2.75) is 38.4 Å². The van der Waals surface area contributed by atoms with Crippen LogP contribution in [0.1, 0.15) is 19.8 Å². The van der Waals surface area contributed by atoms with Crippen LogP contribution in [0.4, 0.5) is 0 Å². The van der Waals surface area contributed by atoms with Crippen molar-refractivity contribution < 1.29 is 14.6 Å². The molecule has 0 bridgehead atoms. The van der Waals surface area contributed by atoms with E-state index in [9.17, 15) is 4.79 Å². The summed E-state index contributed by atoms with van der Waals surface area (Å²) in [6.45, 7) is 4.92. The van der Waals surface area contributed by atoms with Gasteiger partial charge >= 0.3 is 5.97 Å². The third kappa shape index (κ3) is 9.69. The van der Waals surface area contributed by atoms with Gasteiger partial charge < -0.3 is 9.84 Å². The number of esters is 1. The van der Waals surface area contributed by atoms with Gasteiger partial charge in [0.25, 0.3) is 0 Å². The molecule has 3 nitrogen and oxygen atoms in total. The van der Waals surface area contributed by atoms with Crippen LogP contribution in [0, 0.1) is 0 Å². The Bertz CT molecular complexity index is 192. The van der Waals surface area contributed by atoms with E-state index < -0.39 is 8.80 Å². The molecule has 0 fully saturated rings. The van der Waals surface area contributed by atoms with Crippen molar-refractivity contribution >= 4 is 14.8 Å². The molecule has 0 heterocycles. The molecular weight excluding hydrogens is 208 g/mol. The molecule has 0 saturated carbocycles. The monoisotopic (exact) mass is 230 g/mol. The predicted molar refractivity (Wildman–Crippen MR) is 64.7 cm³/mol. The number of allylic oxidation sites excluding steroid dienone is 1. The molecule has 1 atom stereocenters. The molecule has 0 aromatic rings. The highest BCUT2D eigenvalue weighted by Crippen LogP contribution is 2.05. The third-order valence-electron chi connectivity index (χ3n) is 2.24. The average Bonchev–Trinajstić information content (AvgIpc) is 2.22. The van der Waals surface area contributed by atoms with Gasteiger partial charge in [-0.05, 0) is 19.8 Å². The third-order valence-corrected chi connectivity index (χ3v) is 5.03. The highest BCUT2D eigenvalue weighted by molar-refractivity contribution is 6.57. The number of ether oxygens (including phenoxy) is 1. The first kappa shape index (κ1) is 14.4. The van der Waals surface area contributed by atoms with Gasteiger partial charge in [0, 0.05) is 21.5 Å². The van der Waals surface area contributed by atoms with Crippen molar-refractivity contribution in [2.75, 3.05) is 13.2 Å². The zero-order chi connectivity index (χ0) is 11.5. The normalized spacial score (nSPS) is 13.0. The van der Waals surface area contributed by atoms with Crippen LogP contribution in [0.5, 0.6) is 0 Å². The largest absolute Gasteiger partial charge is 0.463 e. The smallest absolute Gasteiger partial charge is 0.330 e. The molecular formula is C11H22O3Si. The Labute approximate surface area is 93.7 Å². The molecule has 0 aliphatic heterocycles. The fourth-order valence-corrected chi connectivity index (χ4v) is 3.40. The first-order valence-corrected chi connectivity index (χ1v) is 8.39. The lowest BCUT2D eigenvalue weighted by Crippen LogP contribution is -2.10. The molecule has 0 rings (SSSR count). The molecule has 0 aliphatic rings. The molecule has 1 N–H and O–H groups in total. The molecule has 88 valence electrons. The van der Waals surface area contributed by atoms with E-state index in [1.54, 1.807) is 13.0 Å². The minimum Gasteiger partial charge on any atom is -0.463 e. The maximum Gasteiger partial charge on any atom is 0.330 e. The Morgan fingerprint density at radius 1 is 1.40 bits per heavy atom. The number of aliphatic hydroxyl groups is 1. The average molecular weight is 230 g/mol. The van der Waals surface area contributed by atoms with E-state index in [-0.39, 0.29) is 5.97 Å². The fourth-order valence-electron chi connectivity index (χ4n) is 1.37. The SMILES string of the molecule is CC=CC(=O)OCCC[SiH](C)CCCO. The number of carbonyl (C=O) groups excluding carboxylic acids is 1. The van der Waals surface area contributed by atoms with Crippen LogP contribution in [0.3, 0.4) is 0 Å². The second kappa shape index (κ2) is 9.92. The van der Waals surface area contributed by atoms with Gasteiger partial charge in [0.1, 0.15) is 0 Å². The molecule has 0 radical (unpaired) electrons. The molecule has 1 unspecified atom stereocenters. The number of aliphatic hydroxyl groups excluding tert-OH is 1. The van der Waals surface area contributed by atoms with Crippen molar-refractivity contribution in [2.24, 2.45) is 0 Å². The van der Waals surface area contributed by atoms with Crippen LogP contribution in [-0.2, 0) is 9.53 Å². The highest BCUT2D eigenvalue weighted by atomic mass is 28.3. The maximum atomic E-state index is 10.9. The number of carbonyl (C=O) groups is 1. The first-order valence-electron chi connectivity index (χ1n) is 5.61. The van der Waals surface area contributed by atoms with E-state index in [0.717, 1.165) is 12.8 Å². The number of hydrogen-bond donors (Lipinski definition) is 1. The molecule has 4 heteroatoms. The molecule has 0 spiro atoms. The summed E-state index contributed by atoms with van der Waals surface area (Å²) in [7, 11) is -0.668. The molecule has 0 aliphatic carbocycles. The van der Waals surface area contributed by atoms with Crippen LogP contribution >= 0.6 is 0 Å². The first-order chi connectivity index (χ1) is 7.20. The van der Waals surface area contributed by atoms with Gasteiger partial charge in [-0.3, -0.25) is 0 Å². The highest BCUT2D eigenvalue weighted by Gasteiger charge is 2.03. The van der Waals surface area contributed by atoms with Crippen molar-refractivity contribution in [3.8, 4) is 0 Å². The molecule has 0 saturated heterocycles. The summed E-state index contributed by atoms with van der Waals surface area (Å²) in [5.41, 5.74) is 0. The van der Waals surface area contributed by atoms with Crippen molar-refractivity contribution in [3.63, 3.8) is 0 Å². The van der Waals surface area contributed by atoms with Crippen LogP contribution in [0.2, 0.25) is 18.6 Å². The van der Waals surface area contributed by atoms with Crippen LogP contribution < -0.4 is 0 Å². The van der Waals surface area contributed by atoms with Crippen molar-refractivity contribution in [1.29, 1.82) is 0 Å². The topological polar surface area (TPSA) is 46.5 Å². The van der Waals surface area contributed by atoms with Crippen LogP contribution in [-0.4, -0.2) is 33.1 Å². The second-order valence-electron chi connectivity index (χ2n) is 3.78. The lowest BCUT2D eigenvalue weighted by Gasteiger charge is -2.08. The van der Waals surface area contributed by atoms with E-state index in [1.807, 2.05) is 0 Å².